The lowest BCUT2D eigenvalue weighted by Crippen LogP contribution is -2.37. The Labute approximate surface area is 93.0 Å². The van der Waals surface area contributed by atoms with E-state index in [1.165, 1.54) is 0 Å². The van der Waals surface area contributed by atoms with Crippen molar-refractivity contribution in [2.24, 2.45) is 0 Å². The second kappa shape index (κ2) is 8.05. The van der Waals surface area contributed by atoms with Crippen molar-refractivity contribution in [2.75, 3.05) is 33.5 Å². The predicted octanol–water partition coefficient (Wildman–Crippen LogP) is 0.788. The average molecular weight is 219 g/mol. The first kappa shape index (κ1) is 14.8. The van der Waals surface area contributed by atoms with Gasteiger partial charge in [0.2, 0.25) is 0 Å². The molecule has 0 rings (SSSR count). The van der Waals surface area contributed by atoms with Gasteiger partial charge in [-0.25, -0.2) is 0 Å². The van der Waals surface area contributed by atoms with Crippen molar-refractivity contribution in [3.63, 3.8) is 0 Å². The van der Waals surface area contributed by atoms with Gasteiger partial charge >= 0.3 is 0 Å². The molecule has 2 N–H and O–H groups in total. The quantitative estimate of drug-likeness (QED) is 0.593. The van der Waals surface area contributed by atoms with Crippen molar-refractivity contribution in [3.8, 4) is 0 Å². The molecule has 92 valence electrons. The van der Waals surface area contributed by atoms with Gasteiger partial charge in [-0.15, -0.1) is 0 Å². The Morgan fingerprint density at radius 1 is 1.33 bits per heavy atom. The number of aliphatic hydroxyl groups is 1. The summed E-state index contributed by atoms with van der Waals surface area (Å²) in [4.78, 5) is 0. The summed E-state index contributed by atoms with van der Waals surface area (Å²) < 4.78 is 10.6. The molecule has 0 saturated heterocycles. The highest BCUT2D eigenvalue weighted by atomic mass is 16.5. The first-order valence-corrected chi connectivity index (χ1v) is 5.46. The Bertz CT molecular complexity index is 139. The van der Waals surface area contributed by atoms with E-state index in [0.717, 1.165) is 6.54 Å². The summed E-state index contributed by atoms with van der Waals surface area (Å²) in [6.45, 7) is 8.37. The minimum Gasteiger partial charge on any atom is -0.396 e. The summed E-state index contributed by atoms with van der Waals surface area (Å²) in [7, 11) is 1.66. The molecule has 0 amide bonds. The highest BCUT2D eigenvalue weighted by molar-refractivity contribution is 4.66. The number of hydrogen-bond acceptors (Lipinski definition) is 4. The number of hydrogen-bond donors (Lipinski definition) is 2. The highest BCUT2D eigenvalue weighted by Crippen LogP contribution is 2.05. The zero-order valence-electron chi connectivity index (χ0n) is 10.4. The lowest BCUT2D eigenvalue weighted by atomic mass is 10.2. The molecule has 0 aromatic carbocycles. The first-order valence-electron chi connectivity index (χ1n) is 5.46. The molecule has 0 aromatic rings. The van der Waals surface area contributed by atoms with Gasteiger partial charge in [-0.3, -0.25) is 0 Å². The van der Waals surface area contributed by atoms with E-state index in [0.29, 0.717) is 19.6 Å². The van der Waals surface area contributed by atoms with Crippen LogP contribution >= 0.6 is 0 Å². The zero-order chi connectivity index (χ0) is 11.7. The summed E-state index contributed by atoms with van der Waals surface area (Å²) in [6, 6.07) is 0.212. The Kier molecular flexibility index (Phi) is 7.96. The van der Waals surface area contributed by atoms with E-state index in [1.807, 2.05) is 20.8 Å². The van der Waals surface area contributed by atoms with Gasteiger partial charge in [-0.05, 0) is 27.2 Å². The molecule has 0 aliphatic heterocycles. The molecule has 1 unspecified atom stereocenters. The molecule has 4 heteroatoms. The minimum absolute atomic E-state index is 0.0879. The number of methoxy groups -OCH3 is 1. The fourth-order valence-corrected chi connectivity index (χ4v) is 1.22. The van der Waals surface area contributed by atoms with Gasteiger partial charge in [-0.1, -0.05) is 0 Å². The Balaban J connectivity index is 3.52. The monoisotopic (exact) mass is 219 g/mol. The van der Waals surface area contributed by atoms with Crippen LogP contribution in [0.2, 0.25) is 0 Å². The highest BCUT2D eigenvalue weighted by Gasteiger charge is 2.10. The molecule has 1 atom stereocenters. The Morgan fingerprint density at radius 3 is 2.47 bits per heavy atom. The number of ether oxygens (including phenoxy) is 2. The van der Waals surface area contributed by atoms with Gasteiger partial charge in [-0.2, -0.15) is 0 Å². The molecule has 0 aromatic heterocycles. The SMILES string of the molecule is COCC(CCO)NCCOC(C)(C)C. The normalized spacial score (nSPS) is 14.2. The van der Waals surface area contributed by atoms with Crippen LogP contribution in [0.4, 0.5) is 0 Å². The number of nitrogens with one attached hydrogen (secondary N) is 1. The van der Waals surface area contributed by atoms with Gasteiger partial charge in [0.05, 0.1) is 18.8 Å². The molecular formula is C11H25NO3. The molecule has 0 radical (unpaired) electrons. The van der Waals surface area contributed by atoms with E-state index < -0.39 is 0 Å². The Morgan fingerprint density at radius 2 is 2.00 bits per heavy atom. The molecule has 0 fully saturated rings. The van der Waals surface area contributed by atoms with Crippen LogP contribution in [0, 0.1) is 0 Å². The van der Waals surface area contributed by atoms with Crippen molar-refractivity contribution in [1.29, 1.82) is 0 Å². The number of rotatable bonds is 8. The van der Waals surface area contributed by atoms with E-state index in [1.54, 1.807) is 7.11 Å². The third-order valence-electron chi connectivity index (χ3n) is 1.92. The van der Waals surface area contributed by atoms with Crippen LogP contribution in [-0.2, 0) is 9.47 Å². The van der Waals surface area contributed by atoms with Crippen LogP contribution in [0.3, 0.4) is 0 Å². The van der Waals surface area contributed by atoms with E-state index in [4.69, 9.17) is 14.6 Å². The van der Waals surface area contributed by atoms with Gasteiger partial charge in [0.15, 0.2) is 0 Å². The third kappa shape index (κ3) is 10.1. The molecule has 0 aliphatic carbocycles. The van der Waals surface area contributed by atoms with E-state index in [2.05, 4.69) is 5.32 Å². The minimum atomic E-state index is -0.0879. The van der Waals surface area contributed by atoms with Crippen molar-refractivity contribution in [1.82, 2.24) is 5.32 Å². The summed E-state index contributed by atoms with van der Waals surface area (Å²) in [5.41, 5.74) is -0.0879. The average Bonchev–Trinajstić information content (AvgIpc) is 2.11. The van der Waals surface area contributed by atoms with Gasteiger partial charge in [0, 0.05) is 26.3 Å². The topological polar surface area (TPSA) is 50.7 Å². The lowest BCUT2D eigenvalue weighted by molar-refractivity contribution is -0.00281. The van der Waals surface area contributed by atoms with Crippen molar-refractivity contribution in [3.05, 3.63) is 0 Å². The smallest absolute Gasteiger partial charge is 0.0616 e. The largest absolute Gasteiger partial charge is 0.396 e. The van der Waals surface area contributed by atoms with Gasteiger partial charge < -0.3 is 19.9 Å². The van der Waals surface area contributed by atoms with Crippen LogP contribution in [0.15, 0.2) is 0 Å². The maximum atomic E-state index is 8.82. The first-order chi connectivity index (χ1) is 6.99. The standard InChI is InChI=1S/C11H25NO3/c1-11(2,3)15-8-6-12-10(5-7-13)9-14-4/h10,12-13H,5-9H2,1-4H3. The summed E-state index contributed by atoms with van der Waals surface area (Å²) >= 11 is 0. The third-order valence-corrected chi connectivity index (χ3v) is 1.92. The van der Waals surface area contributed by atoms with E-state index in [9.17, 15) is 0 Å². The van der Waals surface area contributed by atoms with Crippen LogP contribution in [0.1, 0.15) is 27.2 Å². The second-order valence-electron chi connectivity index (χ2n) is 4.58. The predicted molar refractivity (Wildman–Crippen MR) is 61.1 cm³/mol. The van der Waals surface area contributed by atoms with Crippen LogP contribution in [-0.4, -0.2) is 50.2 Å². The van der Waals surface area contributed by atoms with E-state index >= 15 is 0 Å². The van der Waals surface area contributed by atoms with Crippen LogP contribution in [0.5, 0.6) is 0 Å². The maximum Gasteiger partial charge on any atom is 0.0616 e. The van der Waals surface area contributed by atoms with Crippen LogP contribution < -0.4 is 5.32 Å². The van der Waals surface area contributed by atoms with Gasteiger partial charge in [0.25, 0.3) is 0 Å². The van der Waals surface area contributed by atoms with Gasteiger partial charge in [0.1, 0.15) is 0 Å². The fourth-order valence-electron chi connectivity index (χ4n) is 1.22. The lowest BCUT2D eigenvalue weighted by Gasteiger charge is -2.21. The molecule has 0 bridgehead atoms. The van der Waals surface area contributed by atoms with Crippen molar-refractivity contribution >= 4 is 0 Å². The molecule has 0 saturated carbocycles. The molecule has 4 nitrogen and oxygen atoms in total. The summed E-state index contributed by atoms with van der Waals surface area (Å²) in [5.74, 6) is 0. The second-order valence-corrected chi connectivity index (χ2v) is 4.58. The van der Waals surface area contributed by atoms with Crippen molar-refractivity contribution < 1.29 is 14.6 Å². The summed E-state index contributed by atoms with van der Waals surface area (Å²) in [5, 5.41) is 12.1. The molecular weight excluding hydrogens is 194 g/mol. The van der Waals surface area contributed by atoms with E-state index in [-0.39, 0.29) is 18.2 Å². The zero-order valence-corrected chi connectivity index (χ0v) is 10.4. The fraction of sp³-hybridized carbons (Fsp3) is 1.00. The molecule has 0 heterocycles. The molecule has 0 aliphatic rings. The molecule has 15 heavy (non-hydrogen) atoms. The van der Waals surface area contributed by atoms with Crippen LogP contribution in [0.25, 0.3) is 0 Å². The van der Waals surface area contributed by atoms with Crippen molar-refractivity contribution in [2.45, 2.75) is 38.8 Å². The summed E-state index contributed by atoms with van der Waals surface area (Å²) in [6.07, 6.45) is 0.712. The number of aliphatic hydroxyl groups excluding tert-OH is 1. The Hall–Kier alpha value is -0.160. The molecule has 0 spiro atoms. The maximum absolute atomic E-state index is 8.82.